The van der Waals surface area contributed by atoms with Crippen molar-refractivity contribution < 1.29 is 22.7 Å². The number of hydrogen-bond donors (Lipinski definition) is 0. The van der Waals surface area contributed by atoms with Crippen molar-refractivity contribution in [2.45, 2.75) is 36.5 Å². The van der Waals surface area contributed by atoms with Crippen LogP contribution in [0.2, 0.25) is 0 Å². The van der Waals surface area contributed by atoms with E-state index in [0.717, 1.165) is 22.6 Å². The number of amides is 1. The molecule has 2 aliphatic rings. The molecule has 8 heteroatoms. The van der Waals surface area contributed by atoms with Gasteiger partial charge in [-0.2, -0.15) is 4.31 Å². The minimum atomic E-state index is -3.69. The summed E-state index contributed by atoms with van der Waals surface area (Å²) in [6.45, 7) is 4.45. The molecule has 0 N–H and O–H groups in total. The van der Waals surface area contributed by atoms with E-state index in [1.807, 2.05) is 32.0 Å². The Bertz CT molecular complexity index is 1140. The standard InChI is InChI=1S/C23H28N2O5S/c1-23(2)19-13-17(7-8-20(19)24(3)22(23)26)31(27,28)25-11-10-15(14-25)18-12-16(29-4)6-9-21(18)30-5/h6-9,12-13,15H,10-11,14H2,1-5H3. The number of fused-ring (bicyclic) bond motifs is 1. The lowest BCUT2D eigenvalue weighted by Gasteiger charge is -2.20. The van der Waals surface area contributed by atoms with Crippen molar-refractivity contribution in [3.63, 3.8) is 0 Å². The second-order valence-electron chi connectivity index (χ2n) is 8.62. The number of ether oxygens (including phenoxy) is 2. The van der Waals surface area contributed by atoms with Crippen molar-refractivity contribution >= 4 is 21.6 Å². The maximum absolute atomic E-state index is 13.4. The lowest BCUT2D eigenvalue weighted by atomic mass is 9.86. The summed E-state index contributed by atoms with van der Waals surface area (Å²) >= 11 is 0. The van der Waals surface area contributed by atoms with Crippen LogP contribution in [0.1, 0.15) is 37.3 Å². The molecule has 2 aromatic rings. The van der Waals surface area contributed by atoms with E-state index < -0.39 is 15.4 Å². The van der Waals surface area contributed by atoms with Crippen LogP contribution in [0, 0.1) is 0 Å². The van der Waals surface area contributed by atoms with E-state index in [9.17, 15) is 13.2 Å². The van der Waals surface area contributed by atoms with E-state index in [0.29, 0.717) is 25.3 Å². The Morgan fingerprint density at radius 2 is 1.81 bits per heavy atom. The summed E-state index contributed by atoms with van der Waals surface area (Å²) in [7, 11) is 1.24. The van der Waals surface area contributed by atoms with Gasteiger partial charge >= 0.3 is 0 Å². The maximum Gasteiger partial charge on any atom is 0.243 e. The molecule has 31 heavy (non-hydrogen) atoms. The number of anilines is 1. The molecule has 0 bridgehead atoms. The highest BCUT2D eigenvalue weighted by atomic mass is 32.2. The highest BCUT2D eigenvalue weighted by Gasteiger charge is 2.43. The van der Waals surface area contributed by atoms with Crippen molar-refractivity contribution in [1.29, 1.82) is 0 Å². The van der Waals surface area contributed by atoms with E-state index >= 15 is 0 Å². The Hall–Kier alpha value is -2.58. The van der Waals surface area contributed by atoms with Crippen molar-refractivity contribution in [3.05, 3.63) is 47.5 Å². The Kier molecular flexibility index (Phi) is 5.26. The molecule has 0 saturated carbocycles. The number of carbonyl (C=O) groups is 1. The molecular formula is C23H28N2O5S. The summed E-state index contributed by atoms with van der Waals surface area (Å²) < 4.78 is 39.2. The first kappa shape index (κ1) is 21.6. The largest absolute Gasteiger partial charge is 0.497 e. The number of likely N-dealkylation sites (N-methyl/N-ethyl adjacent to an activating group) is 1. The van der Waals surface area contributed by atoms with Gasteiger partial charge in [-0.25, -0.2) is 8.42 Å². The van der Waals surface area contributed by atoms with Gasteiger partial charge in [0.1, 0.15) is 11.5 Å². The van der Waals surface area contributed by atoms with Gasteiger partial charge < -0.3 is 14.4 Å². The molecule has 1 atom stereocenters. The van der Waals surface area contributed by atoms with Gasteiger partial charge in [-0.05, 0) is 62.2 Å². The molecule has 7 nitrogen and oxygen atoms in total. The van der Waals surface area contributed by atoms with Gasteiger partial charge in [0.25, 0.3) is 0 Å². The maximum atomic E-state index is 13.4. The number of methoxy groups -OCH3 is 2. The van der Waals surface area contributed by atoms with Crippen LogP contribution in [0.3, 0.4) is 0 Å². The van der Waals surface area contributed by atoms with Crippen LogP contribution in [-0.2, 0) is 20.2 Å². The predicted octanol–water partition coefficient (Wildman–Crippen LogP) is 3.14. The lowest BCUT2D eigenvalue weighted by Crippen LogP contribution is -2.33. The van der Waals surface area contributed by atoms with Gasteiger partial charge in [-0.15, -0.1) is 0 Å². The number of benzene rings is 2. The average molecular weight is 445 g/mol. The molecule has 2 aliphatic heterocycles. The molecule has 1 amide bonds. The molecule has 0 radical (unpaired) electrons. The van der Waals surface area contributed by atoms with Crippen LogP contribution in [0.25, 0.3) is 0 Å². The highest BCUT2D eigenvalue weighted by Crippen LogP contribution is 2.43. The van der Waals surface area contributed by atoms with E-state index in [4.69, 9.17) is 9.47 Å². The fourth-order valence-electron chi connectivity index (χ4n) is 4.62. The smallest absolute Gasteiger partial charge is 0.243 e. The number of sulfonamides is 1. The average Bonchev–Trinajstić information content (AvgIpc) is 3.33. The summed E-state index contributed by atoms with van der Waals surface area (Å²) in [5.41, 5.74) is 1.69. The van der Waals surface area contributed by atoms with Crippen LogP contribution < -0.4 is 14.4 Å². The fraction of sp³-hybridized carbons (Fsp3) is 0.435. The fourth-order valence-corrected chi connectivity index (χ4v) is 6.15. The molecular weight excluding hydrogens is 416 g/mol. The third-order valence-corrected chi connectivity index (χ3v) is 8.37. The first-order valence-electron chi connectivity index (χ1n) is 10.3. The van der Waals surface area contributed by atoms with Crippen LogP contribution in [0.4, 0.5) is 5.69 Å². The molecule has 2 heterocycles. The summed E-state index contributed by atoms with van der Waals surface area (Å²) in [5, 5.41) is 0. The van der Waals surface area contributed by atoms with Gasteiger partial charge in [-0.1, -0.05) is 0 Å². The van der Waals surface area contributed by atoms with Crippen molar-refractivity contribution in [1.82, 2.24) is 4.31 Å². The van der Waals surface area contributed by atoms with Crippen LogP contribution in [0.15, 0.2) is 41.3 Å². The van der Waals surface area contributed by atoms with Gasteiger partial charge in [0.05, 0.1) is 24.5 Å². The Balaban J connectivity index is 1.64. The number of hydrogen-bond acceptors (Lipinski definition) is 5. The Morgan fingerprint density at radius 3 is 2.48 bits per heavy atom. The topological polar surface area (TPSA) is 76.1 Å². The molecule has 4 rings (SSSR count). The minimum Gasteiger partial charge on any atom is -0.497 e. The van der Waals surface area contributed by atoms with Crippen molar-refractivity contribution in [2.24, 2.45) is 0 Å². The zero-order valence-electron chi connectivity index (χ0n) is 18.5. The van der Waals surface area contributed by atoms with Crippen LogP contribution in [0.5, 0.6) is 11.5 Å². The van der Waals surface area contributed by atoms with E-state index in [1.54, 1.807) is 44.4 Å². The van der Waals surface area contributed by atoms with Crippen molar-refractivity contribution in [3.8, 4) is 11.5 Å². The van der Waals surface area contributed by atoms with Gasteiger partial charge in [0.2, 0.25) is 15.9 Å². The van der Waals surface area contributed by atoms with Gasteiger partial charge in [-0.3, -0.25) is 4.79 Å². The minimum absolute atomic E-state index is 0.0124. The zero-order chi connectivity index (χ0) is 22.6. The first-order valence-corrected chi connectivity index (χ1v) is 11.7. The molecule has 2 aromatic carbocycles. The molecule has 0 spiro atoms. The molecule has 0 aromatic heterocycles. The van der Waals surface area contributed by atoms with Crippen molar-refractivity contribution in [2.75, 3.05) is 39.3 Å². The number of rotatable bonds is 5. The third kappa shape index (κ3) is 3.38. The molecule has 0 aliphatic carbocycles. The predicted molar refractivity (Wildman–Crippen MR) is 119 cm³/mol. The van der Waals surface area contributed by atoms with Crippen LogP contribution in [-0.4, -0.2) is 53.0 Å². The SMILES string of the molecule is COc1ccc(OC)c(C2CCN(S(=O)(=O)c3ccc4c(c3)C(C)(C)C(=O)N4C)C2)c1. The normalized spacial score (nSPS) is 20.7. The third-order valence-electron chi connectivity index (χ3n) is 6.51. The quantitative estimate of drug-likeness (QED) is 0.708. The monoisotopic (exact) mass is 444 g/mol. The second kappa shape index (κ2) is 7.53. The molecule has 1 fully saturated rings. The Labute approximate surface area is 183 Å². The summed E-state index contributed by atoms with van der Waals surface area (Å²) in [5.74, 6) is 1.42. The molecule has 1 saturated heterocycles. The van der Waals surface area contributed by atoms with Gasteiger partial charge in [0, 0.05) is 37.3 Å². The van der Waals surface area contributed by atoms with Crippen LogP contribution >= 0.6 is 0 Å². The summed E-state index contributed by atoms with van der Waals surface area (Å²) in [6, 6.07) is 10.6. The molecule has 1 unspecified atom stereocenters. The first-order chi connectivity index (χ1) is 14.6. The Morgan fingerprint density at radius 1 is 1.06 bits per heavy atom. The molecule has 166 valence electrons. The van der Waals surface area contributed by atoms with E-state index in [-0.39, 0.29) is 16.7 Å². The number of carbonyl (C=O) groups excluding carboxylic acids is 1. The summed E-state index contributed by atoms with van der Waals surface area (Å²) in [6.07, 6.45) is 0.695. The zero-order valence-corrected chi connectivity index (χ0v) is 19.3. The van der Waals surface area contributed by atoms with Gasteiger partial charge in [0.15, 0.2) is 0 Å². The highest BCUT2D eigenvalue weighted by molar-refractivity contribution is 7.89. The van der Waals surface area contributed by atoms with E-state index in [1.165, 1.54) is 4.31 Å². The summed E-state index contributed by atoms with van der Waals surface area (Å²) in [4.78, 5) is 14.4. The van der Waals surface area contributed by atoms with E-state index in [2.05, 4.69) is 0 Å². The lowest BCUT2D eigenvalue weighted by molar-refractivity contribution is -0.121. The number of nitrogens with zero attached hydrogens (tertiary/aromatic N) is 2. The second-order valence-corrected chi connectivity index (χ2v) is 10.6.